The van der Waals surface area contributed by atoms with Crippen molar-refractivity contribution in [2.45, 2.75) is 5.50 Å². The average Bonchev–Trinajstić information content (AvgIpc) is 2.03. The molecule has 4 heteroatoms. The Bertz CT molecular complexity index is 301. The van der Waals surface area contributed by atoms with Crippen LogP contribution >= 0.6 is 11.6 Å². The molecule has 0 radical (unpaired) electrons. The predicted octanol–water partition coefficient (Wildman–Crippen LogP) is 1.53. The average molecular weight is 188 g/mol. The Morgan fingerprint density at radius 3 is 2.75 bits per heavy atom. The molecular formula is C8H7ClFNO. The van der Waals surface area contributed by atoms with Crippen molar-refractivity contribution in [3.63, 3.8) is 0 Å². The zero-order valence-electron chi connectivity index (χ0n) is 6.13. The second-order valence-electron chi connectivity index (χ2n) is 2.28. The molecule has 0 fully saturated rings. The van der Waals surface area contributed by atoms with Crippen molar-refractivity contribution < 1.29 is 9.18 Å². The Balaban J connectivity index is 2.96. The van der Waals surface area contributed by atoms with Crippen LogP contribution in [0.4, 0.5) is 4.39 Å². The van der Waals surface area contributed by atoms with Crippen LogP contribution in [0.3, 0.4) is 0 Å². The molecule has 0 saturated carbocycles. The zero-order chi connectivity index (χ0) is 9.14. The summed E-state index contributed by atoms with van der Waals surface area (Å²) in [4.78, 5) is 11.1. The van der Waals surface area contributed by atoms with E-state index in [2.05, 4.69) is 0 Å². The normalized spacial score (nSPS) is 12.6. The second-order valence-corrected chi connectivity index (χ2v) is 2.75. The number of carbonyl (C=O) groups is 1. The number of alkyl halides is 1. The van der Waals surface area contributed by atoms with E-state index in [0.717, 1.165) is 6.07 Å². The Hall–Kier alpha value is -0.930. The minimum absolute atomic E-state index is 0.192. The molecule has 1 rings (SSSR count). The first-order chi connectivity index (χ1) is 5.61. The minimum atomic E-state index is -1.10. The van der Waals surface area contributed by atoms with Crippen molar-refractivity contribution in [1.82, 2.24) is 0 Å². The van der Waals surface area contributed by atoms with Crippen LogP contribution in [-0.4, -0.2) is 11.3 Å². The lowest BCUT2D eigenvalue weighted by atomic mass is 10.1. The van der Waals surface area contributed by atoms with Crippen LogP contribution in [0, 0.1) is 5.82 Å². The molecule has 0 aliphatic rings. The quantitative estimate of drug-likeness (QED) is 0.434. The highest BCUT2D eigenvalue weighted by atomic mass is 35.5. The van der Waals surface area contributed by atoms with Gasteiger partial charge in [-0.05, 0) is 12.1 Å². The third-order valence-electron chi connectivity index (χ3n) is 1.36. The third-order valence-corrected chi connectivity index (χ3v) is 1.56. The number of hydrogen-bond acceptors (Lipinski definition) is 2. The Morgan fingerprint density at radius 2 is 2.25 bits per heavy atom. The van der Waals surface area contributed by atoms with E-state index in [4.69, 9.17) is 17.3 Å². The number of Topliss-reactive ketones (excluding diaryl/α,β-unsaturated/α-hetero) is 1. The van der Waals surface area contributed by atoms with Crippen LogP contribution in [0.5, 0.6) is 0 Å². The Morgan fingerprint density at radius 1 is 1.58 bits per heavy atom. The van der Waals surface area contributed by atoms with Gasteiger partial charge in [0.25, 0.3) is 0 Å². The maximum Gasteiger partial charge on any atom is 0.194 e. The number of nitrogens with two attached hydrogens (primary N) is 1. The lowest BCUT2D eigenvalue weighted by molar-refractivity contribution is 0.0988. The smallest absolute Gasteiger partial charge is 0.194 e. The lowest BCUT2D eigenvalue weighted by Gasteiger charge is -2.01. The number of benzene rings is 1. The number of rotatable bonds is 2. The predicted molar refractivity (Wildman–Crippen MR) is 44.6 cm³/mol. The standard InChI is InChI=1S/C8H7ClFNO/c9-8(11)7(12)5-2-1-3-6(10)4-5/h1-4,8H,11H2. The molecule has 12 heavy (non-hydrogen) atoms. The summed E-state index contributed by atoms with van der Waals surface area (Å²) in [5, 5.41) is 0. The molecule has 1 unspecified atom stereocenters. The fraction of sp³-hybridized carbons (Fsp3) is 0.125. The highest BCUT2D eigenvalue weighted by Gasteiger charge is 2.12. The molecule has 0 bridgehead atoms. The van der Waals surface area contributed by atoms with E-state index >= 15 is 0 Å². The number of halogens is 2. The number of ketones is 1. The van der Waals surface area contributed by atoms with Crippen LogP contribution < -0.4 is 5.73 Å². The third kappa shape index (κ3) is 2.03. The van der Waals surface area contributed by atoms with Crippen molar-refractivity contribution in [3.8, 4) is 0 Å². The molecule has 0 amide bonds. The molecule has 0 heterocycles. The summed E-state index contributed by atoms with van der Waals surface area (Å²) < 4.78 is 12.6. The van der Waals surface area contributed by atoms with E-state index < -0.39 is 17.1 Å². The number of hydrogen-bond donors (Lipinski definition) is 1. The summed E-state index contributed by atoms with van der Waals surface area (Å²) in [6.45, 7) is 0. The maximum absolute atomic E-state index is 12.6. The van der Waals surface area contributed by atoms with Crippen molar-refractivity contribution >= 4 is 17.4 Å². The van der Waals surface area contributed by atoms with E-state index in [1.54, 1.807) is 0 Å². The molecule has 0 aliphatic carbocycles. The molecular weight excluding hydrogens is 181 g/mol. The topological polar surface area (TPSA) is 43.1 Å². The summed E-state index contributed by atoms with van der Waals surface area (Å²) in [7, 11) is 0. The first-order valence-corrected chi connectivity index (χ1v) is 3.74. The van der Waals surface area contributed by atoms with Crippen LogP contribution in [0.15, 0.2) is 24.3 Å². The van der Waals surface area contributed by atoms with Crippen molar-refractivity contribution in [3.05, 3.63) is 35.6 Å². The Labute approximate surface area is 74.1 Å². The fourth-order valence-corrected chi connectivity index (χ4v) is 0.927. The van der Waals surface area contributed by atoms with E-state index in [-0.39, 0.29) is 5.56 Å². The molecule has 0 saturated heterocycles. The molecule has 2 nitrogen and oxygen atoms in total. The van der Waals surface area contributed by atoms with Gasteiger partial charge in [0.05, 0.1) is 0 Å². The molecule has 0 aromatic heterocycles. The molecule has 0 spiro atoms. The molecule has 1 atom stereocenters. The summed E-state index contributed by atoms with van der Waals surface area (Å²) in [5.41, 5.74) is 4.20. The Kier molecular flexibility index (Phi) is 2.78. The van der Waals surface area contributed by atoms with E-state index in [0.29, 0.717) is 0 Å². The van der Waals surface area contributed by atoms with Gasteiger partial charge >= 0.3 is 0 Å². The van der Waals surface area contributed by atoms with Gasteiger partial charge in [-0.2, -0.15) is 0 Å². The van der Waals surface area contributed by atoms with Gasteiger partial charge in [0.2, 0.25) is 0 Å². The van der Waals surface area contributed by atoms with E-state index in [1.165, 1.54) is 18.2 Å². The van der Waals surface area contributed by atoms with Gasteiger partial charge in [0, 0.05) is 5.56 Å². The maximum atomic E-state index is 12.6. The molecule has 1 aromatic carbocycles. The first-order valence-electron chi connectivity index (χ1n) is 3.30. The summed E-state index contributed by atoms with van der Waals surface area (Å²) in [6, 6.07) is 5.25. The van der Waals surface area contributed by atoms with Gasteiger partial charge in [-0.1, -0.05) is 23.7 Å². The highest BCUT2D eigenvalue weighted by Crippen LogP contribution is 2.07. The van der Waals surface area contributed by atoms with Gasteiger partial charge in [-0.25, -0.2) is 4.39 Å². The molecule has 64 valence electrons. The van der Waals surface area contributed by atoms with Gasteiger partial charge in [0.1, 0.15) is 11.3 Å². The first kappa shape index (κ1) is 9.16. The van der Waals surface area contributed by atoms with Crippen molar-refractivity contribution in [1.29, 1.82) is 0 Å². The van der Waals surface area contributed by atoms with Crippen LogP contribution in [0.2, 0.25) is 0 Å². The van der Waals surface area contributed by atoms with Crippen LogP contribution in [0.25, 0.3) is 0 Å². The SMILES string of the molecule is NC(Cl)C(=O)c1cccc(F)c1. The fourth-order valence-electron chi connectivity index (χ4n) is 0.801. The van der Waals surface area contributed by atoms with E-state index in [9.17, 15) is 9.18 Å². The second kappa shape index (κ2) is 3.65. The molecule has 2 N–H and O–H groups in total. The van der Waals surface area contributed by atoms with Crippen molar-refractivity contribution in [2.24, 2.45) is 5.73 Å². The molecule has 1 aromatic rings. The summed E-state index contributed by atoms with van der Waals surface area (Å²) in [5.74, 6) is -0.950. The zero-order valence-corrected chi connectivity index (χ0v) is 6.88. The summed E-state index contributed by atoms with van der Waals surface area (Å²) >= 11 is 5.32. The summed E-state index contributed by atoms with van der Waals surface area (Å²) in [6.07, 6.45) is 0. The van der Waals surface area contributed by atoms with E-state index in [1.807, 2.05) is 0 Å². The van der Waals surface area contributed by atoms with Crippen LogP contribution in [-0.2, 0) is 0 Å². The van der Waals surface area contributed by atoms with Gasteiger partial charge < -0.3 is 5.73 Å². The van der Waals surface area contributed by atoms with Gasteiger partial charge in [0.15, 0.2) is 5.78 Å². The van der Waals surface area contributed by atoms with Gasteiger partial charge in [-0.3, -0.25) is 4.79 Å². The largest absolute Gasteiger partial charge is 0.309 e. The molecule has 0 aliphatic heterocycles. The lowest BCUT2D eigenvalue weighted by Crippen LogP contribution is -2.23. The van der Waals surface area contributed by atoms with Crippen LogP contribution in [0.1, 0.15) is 10.4 Å². The minimum Gasteiger partial charge on any atom is -0.309 e. The monoisotopic (exact) mass is 187 g/mol. The van der Waals surface area contributed by atoms with Gasteiger partial charge in [-0.15, -0.1) is 0 Å². The number of carbonyl (C=O) groups excluding carboxylic acids is 1. The van der Waals surface area contributed by atoms with Crippen molar-refractivity contribution in [2.75, 3.05) is 0 Å². The highest BCUT2D eigenvalue weighted by molar-refractivity contribution is 6.33.